The number of amides is 2. The van der Waals surface area contributed by atoms with Crippen LogP contribution in [0.1, 0.15) is 34.1 Å². The van der Waals surface area contributed by atoms with Gasteiger partial charge in [0.1, 0.15) is 0 Å². The van der Waals surface area contributed by atoms with Gasteiger partial charge < -0.3 is 16.4 Å². The highest BCUT2D eigenvalue weighted by molar-refractivity contribution is 5.87. The molecular weight excluding hydrogens is 206 g/mol. The number of hydrogen-bond donors (Lipinski definition) is 3. The van der Waals surface area contributed by atoms with E-state index in [1.165, 1.54) is 0 Å². The average molecular weight is 229 g/mol. The van der Waals surface area contributed by atoms with Crippen LogP contribution in [0, 0.1) is 5.92 Å². The summed E-state index contributed by atoms with van der Waals surface area (Å²) in [5, 5.41) is 5.20. The fourth-order valence-electron chi connectivity index (χ4n) is 1.29. The Balaban J connectivity index is 3.84. The maximum atomic E-state index is 11.5. The van der Waals surface area contributed by atoms with Crippen LogP contribution in [-0.2, 0) is 9.59 Å². The zero-order valence-electron chi connectivity index (χ0n) is 10.5. The Kier molecular flexibility index (Phi) is 6.72. The largest absolute Gasteiger partial charge is 0.352 e. The second-order valence-electron chi connectivity index (χ2n) is 4.68. The van der Waals surface area contributed by atoms with E-state index in [1.54, 1.807) is 0 Å². The molecule has 94 valence electrons. The highest BCUT2D eigenvalue weighted by Crippen LogP contribution is 2.02. The summed E-state index contributed by atoms with van der Waals surface area (Å²) < 4.78 is 0. The Bertz CT molecular complexity index is 239. The lowest BCUT2D eigenvalue weighted by Crippen LogP contribution is -2.46. The molecule has 2 amide bonds. The van der Waals surface area contributed by atoms with Gasteiger partial charge in [-0.25, -0.2) is 0 Å². The summed E-state index contributed by atoms with van der Waals surface area (Å²) in [5.74, 6) is -0.0991. The molecule has 0 aliphatic carbocycles. The predicted octanol–water partition coefficient (Wildman–Crippen LogP) is 0.000600. The van der Waals surface area contributed by atoms with E-state index in [-0.39, 0.29) is 24.4 Å². The minimum absolute atomic E-state index is 0.0111. The van der Waals surface area contributed by atoms with Gasteiger partial charge in [-0.1, -0.05) is 13.8 Å². The van der Waals surface area contributed by atoms with Crippen molar-refractivity contribution in [1.29, 1.82) is 0 Å². The summed E-state index contributed by atoms with van der Waals surface area (Å²) in [6.07, 6.45) is 0.623. The average Bonchev–Trinajstić information content (AvgIpc) is 2.11. The van der Waals surface area contributed by atoms with Crippen LogP contribution in [0.3, 0.4) is 0 Å². The molecule has 16 heavy (non-hydrogen) atoms. The van der Waals surface area contributed by atoms with E-state index in [1.807, 2.05) is 27.7 Å². The lowest BCUT2D eigenvalue weighted by molar-refractivity contribution is -0.127. The first-order valence-corrected chi connectivity index (χ1v) is 5.65. The first-order valence-electron chi connectivity index (χ1n) is 5.65. The standard InChI is InChI=1S/C11H23N3O2/c1-7(2)5-9(12)11(16)13-6-10(15)14-8(3)4/h7-9H,5-6,12H2,1-4H3,(H,13,16)(H,14,15). The van der Waals surface area contributed by atoms with Gasteiger partial charge in [-0.15, -0.1) is 0 Å². The lowest BCUT2D eigenvalue weighted by atomic mass is 10.0. The molecule has 0 heterocycles. The Morgan fingerprint density at radius 1 is 1.19 bits per heavy atom. The van der Waals surface area contributed by atoms with Crippen molar-refractivity contribution in [3.63, 3.8) is 0 Å². The molecule has 4 N–H and O–H groups in total. The maximum absolute atomic E-state index is 11.5. The second kappa shape index (κ2) is 7.22. The highest BCUT2D eigenvalue weighted by Gasteiger charge is 2.15. The highest BCUT2D eigenvalue weighted by atomic mass is 16.2. The molecule has 5 heteroatoms. The number of nitrogens with one attached hydrogen (secondary N) is 2. The molecule has 0 saturated carbocycles. The predicted molar refractivity (Wildman–Crippen MR) is 63.7 cm³/mol. The van der Waals surface area contributed by atoms with Crippen LogP contribution < -0.4 is 16.4 Å². The molecule has 0 aliphatic rings. The fraction of sp³-hybridized carbons (Fsp3) is 0.818. The smallest absolute Gasteiger partial charge is 0.239 e. The summed E-state index contributed by atoms with van der Waals surface area (Å²) in [5.41, 5.74) is 5.66. The molecule has 0 aliphatic heterocycles. The van der Waals surface area contributed by atoms with E-state index in [2.05, 4.69) is 10.6 Å². The topological polar surface area (TPSA) is 84.2 Å². The van der Waals surface area contributed by atoms with Crippen molar-refractivity contribution in [1.82, 2.24) is 10.6 Å². The van der Waals surface area contributed by atoms with E-state index < -0.39 is 6.04 Å². The molecule has 0 saturated heterocycles. The van der Waals surface area contributed by atoms with Crippen molar-refractivity contribution in [2.45, 2.75) is 46.2 Å². The Hall–Kier alpha value is -1.10. The van der Waals surface area contributed by atoms with Gasteiger partial charge in [-0.2, -0.15) is 0 Å². The maximum Gasteiger partial charge on any atom is 0.239 e. The van der Waals surface area contributed by atoms with E-state index in [9.17, 15) is 9.59 Å². The normalized spacial score (nSPS) is 12.7. The third kappa shape index (κ3) is 7.23. The SMILES string of the molecule is CC(C)CC(N)C(=O)NCC(=O)NC(C)C. The molecule has 0 aromatic carbocycles. The molecule has 0 aromatic rings. The van der Waals surface area contributed by atoms with Gasteiger partial charge in [0.2, 0.25) is 11.8 Å². The minimum atomic E-state index is -0.535. The number of carbonyl (C=O) groups excluding carboxylic acids is 2. The van der Waals surface area contributed by atoms with Crippen molar-refractivity contribution in [3.8, 4) is 0 Å². The third-order valence-electron chi connectivity index (χ3n) is 1.93. The number of rotatable bonds is 6. The van der Waals surface area contributed by atoms with Gasteiger partial charge in [-0.05, 0) is 26.2 Å². The zero-order valence-corrected chi connectivity index (χ0v) is 10.5. The Labute approximate surface area is 97.2 Å². The van der Waals surface area contributed by atoms with Crippen molar-refractivity contribution in [3.05, 3.63) is 0 Å². The van der Waals surface area contributed by atoms with E-state index in [0.717, 1.165) is 0 Å². The molecule has 1 unspecified atom stereocenters. The fourth-order valence-corrected chi connectivity index (χ4v) is 1.29. The molecule has 0 bridgehead atoms. The van der Waals surface area contributed by atoms with Gasteiger partial charge in [0.25, 0.3) is 0 Å². The van der Waals surface area contributed by atoms with Gasteiger partial charge in [0.15, 0.2) is 0 Å². The van der Waals surface area contributed by atoms with Gasteiger partial charge in [0.05, 0.1) is 12.6 Å². The molecule has 0 fully saturated rings. The first kappa shape index (κ1) is 14.9. The van der Waals surface area contributed by atoms with Crippen LogP contribution in [0.2, 0.25) is 0 Å². The molecule has 0 spiro atoms. The summed E-state index contributed by atoms with van der Waals surface area (Å²) in [6.45, 7) is 7.72. The molecule has 0 rings (SSSR count). The molecule has 0 radical (unpaired) electrons. The van der Waals surface area contributed by atoms with E-state index in [0.29, 0.717) is 12.3 Å². The molecule has 5 nitrogen and oxygen atoms in total. The van der Waals surface area contributed by atoms with Crippen LogP contribution in [0.15, 0.2) is 0 Å². The van der Waals surface area contributed by atoms with Gasteiger partial charge in [-0.3, -0.25) is 9.59 Å². The minimum Gasteiger partial charge on any atom is -0.352 e. The van der Waals surface area contributed by atoms with Crippen LogP contribution in [0.5, 0.6) is 0 Å². The molecule has 0 aromatic heterocycles. The summed E-state index contributed by atoms with van der Waals surface area (Å²) in [4.78, 5) is 22.7. The third-order valence-corrected chi connectivity index (χ3v) is 1.93. The number of hydrogen-bond acceptors (Lipinski definition) is 3. The van der Waals surface area contributed by atoms with Crippen LogP contribution >= 0.6 is 0 Å². The van der Waals surface area contributed by atoms with Crippen LogP contribution in [0.25, 0.3) is 0 Å². The van der Waals surface area contributed by atoms with Gasteiger partial charge >= 0.3 is 0 Å². The summed E-state index contributed by atoms with van der Waals surface area (Å²) in [7, 11) is 0. The molecular formula is C11H23N3O2. The zero-order chi connectivity index (χ0) is 12.7. The van der Waals surface area contributed by atoms with Crippen molar-refractivity contribution >= 4 is 11.8 Å². The van der Waals surface area contributed by atoms with Crippen molar-refractivity contribution in [2.24, 2.45) is 11.7 Å². The molecule has 1 atom stereocenters. The van der Waals surface area contributed by atoms with E-state index >= 15 is 0 Å². The second-order valence-corrected chi connectivity index (χ2v) is 4.68. The first-order chi connectivity index (χ1) is 7.32. The Morgan fingerprint density at radius 3 is 2.19 bits per heavy atom. The summed E-state index contributed by atoms with van der Waals surface area (Å²) >= 11 is 0. The van der Waals surface area contributed by atoms with Gasteiger partial charge in [0, 0.05) is 6.04 Å². The van der Waals surface area contributed by atoms with Crippen LogP contribution in [-0.4, -0.2) is 30.4 Å². The quantitative estimate of drug-likeness (QED) is 0.599. The lowest BCUT2D eigenvalue weighted by Gasteiger charge is -2.14. The van der Waals surface area contributed by atoms with Crippen LogP contribution in [0.4, 0.5) is 0 Å². The number of carbonyl (C=O) groups is 2. The monoisotopic (exact) mass is 229 g/mol. The van der Waals surface area contributed by atoms with E-state index in [4.69, 9.17) is 5.73 Å². The number of nitrogens with two attached hydrogens (primary N) is 1. The van der Waals surface area contributed by atoms with Crippen molar-refractivity contribution < 1.29 is 9.59 Å². The van der Waals surface area contributed by atoms with Crippen molar-refractivity contribution in [2.75, 3.05) is 6.54 Å². The Morgan fingerprint density at radius 2 is 1.75 bits per heavy atom. The summed E-state index contributed by atoms with van der Waals surface area (Å²) in [6, 6.07) is -0.458.